The molecule has 0 aromatic carbocycles. The van der Waals surface area contributed by atoms with Crippen LogP contribution in [0.2, 0.25) is 0 Å². The Labute approximate surface area is 212 Å². The van der Waals surface area contributed by atoms with Gasteiger partial charge in [-0.15, -0.1) is 11.3 Å². The lowest BCUT2D eigenvalue weighted by Gasteiger charge is -2.14. The number of carbonyl (C=O) groups excluding carboxylic acids is 2. The number of halogens is 2. The van der Waals surface area contributed by atoms with Crippen LogP contribution in [0.1, 0.15) is 38.1 Å². The van der Waals surface area contributed by atoms with Gasteiger partial charge in [0.05, 0.1) is 12.9 Å². The predicted octanol–water partition coefficient (Wildman–Crippen LogP) is 2.62. The average Bonchev–Trinajstić information content (AvgIpc) is 3.46. The van der Waals surface area contributed by atoms with Crippen molar-refractivity contribution < 1.29 is 18.4 Å². The third-order valence-corrected chi connectivity index (χ3v) is 6.62. The quantitative estimate of drug-likeness (QED) is 0.387. The number of pyridine rings is 1. The summed E-state index contributed by atoms with van der Waals surface area (Å²) in [6.07, 6.45) is 2.58. The maximum absolute atomic E-state index is 13.6. The number of fused-ring (bicyclic) bond motifs is 1. The molecule has 0 unspecified atom stereocenters. The molecule has 11 nitrogen and oxygen atoms in total. The van der Waals surface area contributed by atoms with E-state index >= 15 is 0 Å². The number of alkyl halides is 2. The molecule has 4 heterocycles. The van der Waals surface area contributed by atoms with Gasteiger partial charge in [0.1, 0.15) is 28.3 Å². The largest absolute Gasteiger partial charge is 0.332 e. The van der Waals surface area contributed by atoms with E-state index in [4.69, 9.17) is 0 Å². The van der Waals surface area contributed by atoms with Crippen molar-refractivity contribution in [1.82, 2.24) is 28.7 Å². The number of hydrogen-bond donors (Lipinski definition) is 1. The molecule has 37 heavy (non-hydrogen) atoms. The van der Waals surface area contributed by atoms with Crippen molar-refractivity contribution in [2.75, 3.05) is 5.32 Å². The highest BCUT2D eigenvalue weighted by Crippen LogP contribution is 2.32. The van der Waals surface area contributed by atoms with Gasteiger partial charge in [-0.25, -0.2) is 14.8 Å². The highest BCUT2D eigenvalue weighted by Gasteiger charge is 2.28. The summed E-state index contributed by atoms with van der Waals surface area (Å²) >= 11 is 1.20. The van der Waals surface area contributed by atoms with Crippen LogP contribution in [0.25, 0.3) is 21.7 Å². The van der Waals surface area contributed by atoms with Crippen molar-refractivity contribution in [3.05, 3.63) is 56.1 Å². The average molecular weight is 532 g/mol. The van der Waals surface area contributed by atoms with E-state index in [0.29, 0.717) is 16.1 Å². The van der Waals surface area contributed by atoms with Crippen molar-refractivity contribution >= 4 is 40.0 Å². The molecule has 14 heteroatoms. The summed E-state index contributed by atoms with van der Waals surface area (Å²) in [5, 5.41) is 4.73. The van der Waals surface area contributed by atoms with E-state index in [-0.39, 0.29) is 28.5 Å². The van der Waals surface area contributed by atoms with Crippen molar-refractivity contribution in [2.45, 2.75) is 46.2 Å². The van der Waals surface area contributed by atoms with Gasteiger partial charge in [0.25, 0.3) is 11.5 Å². The molecular formula is C23H23F2N7O4S. The molecular weight excluding hydrogens is 508 g/mol. The number of nitrogens with zero attached hydrogens (tertiary/aromatic N) is 6. The number of carbonyl (C=O) groups is 2. The second-order valence-electron chi connectivity index (χ2n) is 8.74. The number of nitrogens with one attached hydrogen (secondary N) is 1. The molecule has 4 aromatic heterocycles. The van der Waals surface area contributed by atoms with Crippen LogP contribution in [0, 0.1) is 6.92 Å². The number of hydrogen-bond acceptors (Lipinski definition) is 8. The van der Waals surface area contributed by atoms with Crippen LogP contribution in [0.15, 0.2) is 33.6 Å². The third-order valence-electron chi connectivity index (χ3n) is 5.73. The maximum Gasteiger partial charge on any atom is 0.332 e. The second kappa shape index (κ2) is 9.42. The first-order chi connectivity index (χ1) is 17.3. The Balaban J connectivity index is 1.61. The zero-order valence-electron chi connectivity index (χ0n) is 20.6. The number of anilines is 1. The number of rotatable bonds is 7. The number of ketones is 1. The molecule has 0 saturated heterocycles. The minimum Gasteiger partial charge on any atom is -0.312 e. The van der Waals surface area contributed by atoms with Gasteiger partial charge in [-0.2, -0.15) is 8.78 Å². The smallest absolute Gasteiger partial charge is 0.312 e. The Kier molecular flexibility index (Phi) is 6.62. The minimum absolute atomic E-state index is 0.000618. The van der Waals surface area contributed by atoms with E-state index in [1.54, 1.807) is 18.4 Å². The normalized spacial score (nSPS) is 12.6. The van der Waals surface area contributed by atoms with Crippen LogP contribution < -0.4 is 16.6 Å². The molecule has 1 N–H and O–H groups in total. The molecule has 1 amide bonds. The van der Waals surface area contributed by atoms with Crippen LogP contribution in [0.5, 0.6) is 0 Å². The van der Waals surface area contributed by atoms with Crippen LogP contribution in [0.4, 0.5) is 14.6 Å². The van der Waals surface area contributed by atoms with E-state index < -0.39 is 35.7 Å². The van der Waals surface area contributed by atoms with Gasteiger partial charge < -0.3 is 9.88 Å². The van der Waals surface area contributed by atoms with Gasteiger partial charge in [0, 0.05) is 31.1 Å². The van der Waals surface area contributed by atoms with Gasteiger partial charge in [-0.1, -0.05) is 0 Å². The molecule has 0 aliphatic heterocycles. The van der Waals surface area contributed by atoms with Gasteiger partial charge in [-0.05, 0) is 32.4 Å². The maximum atomic E-state index is 13.6. The zero-order chi connectivity index (χ0) is 27.2. The number of Topliss-reactive ketones (excluding diaryl/α,β-unsaturated/α-hetero) is 1. The first kappa shape index (κ1) is 26.0. The standard InChI is InChI=1S/C23H23F2N7O4S/c1-11-6-14(7-26-17(11)23(4,24)25)20-29-15(9-37-20)28-19(34)13(3)32-10-27-18-16(32)21(35)31(8-12(2)33)22(36)30(18)5/h6-7,9-10,13H,8H2,1-5H3,(H,28,34)/t13-/m0/s1. The lowest BCUT2D eigenvalue weighted by molar-refractivity contribution is -0.119. The van der Waals surface area contributed by atoms with Crippen molar-refractivity contribution in [3.8, 4) is 10.6 Å². The van der Waals surface area contributed by atoms with E-state index in [2.05, 4.69) is 20.3 Å². The number of amides is 1. The molecule has 194 valence electrons. The summed E-state index contributed by atoms with van der Waals surface area (Å²) in [7, 11) is 1.42. The predicted molar refractivity (Wildman–Crippen MR) is 133 cm³/mol. The van der Waals surface area contributed by atoms with Crippen LogP contribution in [-0.2, 0) is 29.1 Å². The van der Waals surface area contributed by atoms with Crippen molar-refractivity contribution in [1.29, 1.82) is 0 Å². The second-order valence-corrected chi connectivity index (χ2v) is 9.60. The fraction of sp³-hybridized carbons (Fsp3) is 0.348. The molecule has 0 spiro atoms. The molecule has 0 radical (unpaired) electrons. The Morgan fingerprint density at radius 1 is 1.24 bits per heavy atom. The van der Waals surface area contributed by atoms with Crippen molar-refractivity contribution in [2.24, 2.45) is 7.05 Å². The fourth-order valence-corrected chi connectivity index (χ4v) is 4.65. The SMILES string of the molecule is CC(=O)Cn1c(=O)c2c(ncn2[C@@H](C)C(=O)Nc2csc(-c3cnc(C(C)(F)F)c(C)c3)n2)n(C)c1=O. The Morgan fingerprint density at radius 3 is 2.57 bits per heavy atom. The van der Waals surface area contributed by atoms with E-state index in [1.807, 2.05) is 0 Å². The Bertz CT molecular complexity index is 1660. The van der Waals surface area contributed by atoms with E-state index in [1.165, 1.54) is 49.3 Å². The molecule has 4 aromatic rings. The van der Waals surface area contributed by atoms with Gasteiger partial charge >= 0.3 is 5.69 Å². The summed E-state index contributed by atoms with van der Waals surface area (Å²) in [4.78, 5) is 62.5. The first-order valence-electron chi connectivity index (χ1n) is 11.1. The number of imidazole rings is 1. The monoisotopic (exact) mass is 531 g/mol. The molecule has 1 atom stereocenters. The van der Waals surface area contributed by atoms with E-state index in [9.17, 15) is 28.0 Å². The summed E-state index contributed by atoms with van der Waals surface area (Å²) in [6.45, 7) is 4.72. The summed E-state index contributed by atoms with van der Waals surface area (Å²) in [5.74, 6) is -3.74. The van der Waals surface area contributed by atoms with Crippen LogP contribution >= 0.6 is 11.3 Å². The number of thiazole rings is 1. The lowest BCUT2D eigenvalue weighted by atomic mass is 10.1. The van der Waals surface area contributed by atoms with Crippen LogP contribution in [-0.4, -0.2) is 40.3 Å². The number of aromatic nitrogens is 6. The molecule has 4 rings (SSSR count). The highest BCUT2D eigenvalue weighted by atomic mass is 32.1. The summed E-state index contributed by atoms with van der Waals surface area (Å²) in [5.41, 5.74) is -0.820. The van der Waals surface area contributed by atoms with Gasteiger partial charge in [0.2, 0.25) is 5.91 Å². The van der Waals surface area contributed by atoms with E-state index in [0.717, 1.165) is 16.1 Å². The van der Waals surface area contributed by atoms with Crippen LogP contribution in [0.3, 0.4) is 0 Å². The molecule has 0 aliphatic carbocycles. The first-order valence-corrected chi connectivity index (χ1v) is 11.9. The van der Waals surface area contributed by atoms with Gasteiger partial charge in [-0.3, -0.25) is 28.5 Å². The summed E-state index contributed by atoms with van der Waals surface area (Å²) in [6, 6.07) is 0.627. The third kappa shape index (κ3) is 4.83. The Morgan fingerprint density at radius 2 is 1.95 bits per heavy atom. The molecule has 0 aliphatic rings. The van der Waals surface area contributed by atoms with Gasteiger partial charge in [0.15, 0.2) is 11.2 Å². The Hall–Kier alpha value is -4.07. The topological polar surface area (TPSA) is 134 Å². The van der Waals surface area contributed by atoms with Crippen molar-refractivity contribution in [3.63, 3.8) is 0 Å². The minimum atomic E-state index is -3.07. The zero-order valence-corrected chi connectivity index (χ0v) is 21.4. The molecule has 0 fully saturated rings. The fourth-order valence-electron chi connectivity index (χ4n) is 3.92. The lowest BCUT2D eigenvalue weighted by Crippen LogP contribution is -2.41. The molecule has 0 saturated carbocycles. The summed E-state index contributed by atoms with van der Waals surface area (Å²) < 4.78 is 30.6. The number of aryl methyl sites for hydroxylation is 2. The molecule has 0 bridgehead atoms. The highest BCUT2D eigenvalue weighted by molar-refractivity contribution is 7.13.